The van der Waals surface area contributed by atoms with Gasteiger partial charge in [0.1, 0.15) is 13.2 Å². The summed E-state index contributed by atoms with van der Waals surface area (Å²) in [6.07, 6.45) is 0.126. The summed E-state index contributed by atoms with van der Waals surface area (Å²) in [6.45, 7) is 6.74. The van der Waals surface area contributed by atoms with E-state index in [0.29, 0.717) is 41.8 Å². The summed E-state index contributed by atoms with van der Waals surface area (Å²) in [4.78, 5) is 39.3. The van der Waals surface area contributed by atoms with E-state index in [4.69, 9.17) is 9.47 Å². The third-order valence-electron chi connectivity index (χ3n) is 5.40. The predicted molar refractivity (Wildman–Crippen MR) is 121 cm³/mol. The molecule has 2 aromatic rings. The van der Waals surface area contributed by atoms with E-state index in [1.165, 1.54) is 0 Å². The summed E-state index contributed by atoms with van der Waals surface area (Å²) in [5.41, 5.74) is 1.32. The van der Waals surface area contributed by atoms with Crippen LogP contribution in [0.1, 0.15) is 27.2 Å². The summed E-state index contributed by atoms with van der Waals surface area (Å²) in [7, 11) is 0. The van der Waals surface area contributed by atoms with E-state index in [1.807, 2.05) is 20.8 Å². The van der Waals surface area contributed by atoms with Gasteiger partial charge in [0, 0.05) is 41.5 Å². The molecule has 4 rings (SSSR count). The molecule has 2 aliphatic heterocycles. The Labute approximate surface area is 186 Å². The van der Waals surface area contributed by atoms with Gasteiger partial charge < -0.3 is 25.0 Å². The normalized spacial score (nSPS) is 17.8. The number of ether oxygens (including phenoxy) is 2. The lowest BCUT2D eigenvalue weighted by molar-refractivity contribution is -0.123. The van der Waals surface area contributed by atoms with Crippen molar-refractivity contribution in [2.24, 2.45) is 11.3 Å². The van der Waals surface area contributed by atoms with Crippen LogP contribution in [0.15, 0.2) is 42.5 Å². The number of amides is 3. The second-order valence-electron chi connectivity index (χ2n) is 9.01. The molecule has 0 spiro atoms. The van der Waals surface area contributed by atoms with Crippen LogP contribution in [0, 0.1) is 11.3 Å². The standard InChI is InChI=1S/C24H27N3O5/c1-24(2,3)23(30)26-17-6-4-5-16(12-17)25-22(29)15-11-21(28)27(14-15)18-7-8-19-20(13-18)32-10-9-31-19/h4-8,12-13,15H,9-11,14H2,1-3H3,(H,25,29)(H,26,30). The zero-order valence-electron chi connectivity index (χ0n) is 18.4. The van der Waals surface area contributed by atoms with Crippen molar-refractivity contribution in [1.82, 2.24) is 0 Å². The lowest BCUT2D eigenvalue weighted by Gasteiger charge is -2.22. The van der Waals surface area contributed by atoms with Crippen molar-refractivity contribution in [2.75, 3.05) is 35.3 Å². The number of hydrogen-bond acceptors (Lipinski definition) is 5. The molecular formula is C24H27N3O5. The first kappa shape index (κ1) is 21.7. The Hall–Kier alpha value is -3.55. The molecule has 2 heterocycles. The number of hydrogen-bond donors (Lipinski definition) is 2. The number of carbonyl (C=O) groups is 3. The summed E-state index contributed by atoms with van der Waals surface area (Å²) in [5.74, 6) is 0.301. The molecule has 8 heteroatoms. The second-order valence-corrected chi connectivity index (χ2v) is 9.01. The number of carbonyl (C=O) groups excluding carboxylic acids is 3. The summed E-state index contributed by atoms with van der Waals surface area (Å²) in [6, 6.07) is 12.3. The molecule has 0 aromatic heterocycles. The van der Waals surface area contributed by atoms with E-state index >= 15 is 0 Å². The van der Waals surface area contributed by atoms with Crippen molar-refractivity contribution in [3.63, 3.8) is 0 Å². The number of fused-ring (bicyclic) bond motifs is 1. The van der Waals surface area contributed by atoms with Crippen molar-refractivity contribution in [2.45, 2.75) is 27.2 Å². The van der Waals surface area contributed by atoms with Crippen LogP contribution in [0.3, 0.4) is 0 Å². The lowest BCUT2D eigenvalue weighted by atomic mass is 9.95. The Morgan fingerprint density at radius 1 is 0.969 bits per heavy atom. The van der Waals surface area contributed by atoms with Crippen LogP contribution in [0.25, 0.3) is 0 Å². The predicted octanol–water partition coefficient (Wildman–Crippen LogP) is 3.43. The molecule has 2 N–H and O–H groups in total. The van der Waals surface area contributed by atoms with Crippen LogP contribution in [-0.4, -0.2) is 37.5 Å². The van der Waals surface area contributed by atoms with Crippen molar-refractivity contribution < 1.29 is 23.9 Å². The van der Waals surface area contributed by atoms with Gasteiger partial charge in [-0.05, 0) is 30.3 Å². The monoisotopic (exact) mass is 437 g/mol. The van der Waals surface area contributed by atoms with Crippen LogP contribution in [-0.2, 0) is 14.4 Å². The van der Waals surface area contributed by atoms with Gasteiger partial charge in [-0.2, -0.15) is 0 Å². The van der Waals surface area contributed by atoms with Gasteiger partial charge in [-0.3, -0.25) is 14.4 Å². The van der Waals surface area contributed by atoms with Crippen LogP contribution in [0.4, 0.5) is 17.1 Å². The number of rotatable bonds is 4. The van der Waals surface area contributed by atoms with E-state index in [0.717, 1.165) is 0 Å². The second kappa shape index (κ2) is 8.53. The topological polar surface area (TPSA) is 97.0 Å². The minimum Gasteiger partial charge on any atom is -0.486 e. The largest absolute Gasteiger partial charge is 0.486 e. The molecule has 0 aliphatic carbocycles. The third-order valence-corrected chi connectivity index (χ3v) is 5.40. The molecule has 8 nitrogen and oxygen atoms in total. The molecule has 1 fully saturated rings. The fourth-order valence-electron chi connectivity index (χ4n) is 3.57. The molecule has 32 heavy (non-hydrogen) atoms. The van der Waals surface area contributed by atoms with E-state index in [1.54, 1.807) is 47.4 Å². The number of nitrogens with one attached hydrogen (secondary N) is 2. The maximum absolute atomic E-state index is 12.8. The average molecular weight is 437 g/mol. The Bertz CT molecular complexity index is 1060. The summed E-state index contributed by atoms with van der Waals surface area (Å²) in [5, 5.41) is 5.72. The molecule has 0 saturated carbocycles. The molecule has 1 atom stereocenters. The zero-order chi connectivity index (χ0) is 22.9. The van der Waals surface area contributed by atoms with Crippen LogP contribution in [0.5, 0.6) is 11.5 Å². The van der Waals surface area contributed by atoms with Crippen molar-refractivity contribution in [1.29, 1.82) is 0 Å². The van der Waals surface area contributed by atoms with E-state index < -0.39 is 11.3 Å². The van der Waals surface area contributed by atoms with Gasteiger partial charge in [0.25, 0.3) is 0 Å². The number of nitrogens with zero attached hydrogens (tertiary/aromatic N) is 1. The molecule has 3 amide bonds. The van der Waals surface area contributed by atoms with Gasteiger partial charge in [0.2, 0.25) is 17.7 Å². The smallest absolute Gasteiger partial charge is 0.229 e. The first-order valence-electron chi connectivity index (χ1n) is 10.6. The fraction of sp³-hybridized carbons (Fsp3) is 0.375. The van der Waals surface area contributed by atoms with Crippen molar-refractivity contribution >= 4 is 34.8 Å². The summed E-state index contributed by atoms with van der Waals surface area (Å²) < 4.78 is 11.1. The molecule has 168 valence electrons. The molecular weight excluding hydrogens is 410 g/mol. The Kier molecular flexibility index (Phi) is 5.78. The third kappa shape index (κ3) is 4.69. The molecule has 0 radical (unpaired) electrons. The first-order valence-corrected chi connectivity index (χ1v) is 10.6. The molecule has 2 aliphatic rings. The van der Waals surface area contributed by atoms with E-state index in [2.05, 4.69) is 10.6 Å². The minimum atomic E-state index is -0.527. The van der Waals surface area contributed by atoms with Crippen LogP contribution < -0.4 is 25.0 Å². The van der Waals surface area contributed by atoms with E-state index in [9.17, 15) is 14.4 Å². The lowest BCUT2D eigenvalue weighted by Crippen LogP contribution is -2.28. The first-order chi connectivity index (χ1) is 15.2. The Morgan fingerprint density at radius 2 is 1.66 bits per heavy atom. The van der Waals surface area contributed by atoms with Gasteiger partial charge in [-0.25, -0.2) is 0 Å². The Morgan fingerprint density at radius 3 is 2.38 bits per heavy atom. The number of benzene rings is 2. The minimum absolute atomic E-state index is 0.113. The molecule has 1 saturated heterocycles. The number of anilines is 3. The highest BCUT2D eigenvalue weighted by atomic mass is 16.6. The van der Waals surface area contributed by atoms with Gasteiger partial charge in [-0.1, -0.05) is 26.8 Å². The van der Waals surface area contributed by atoms with Gasteiger partial charge in [0.05, 0.1) is 5.92 Å². The van der Waals surface area contributed by atoms with E-state index in [-0.39, 0.29) is 30.7 Å². The SMILES string of the molecule is CC(C)(C)C(=O)Nc1cccc(NC(=O)C2CC(=O)N(c3ccc4c(c3)OCCO4)C2)c1. The maximum atomic E-state index is 12.8. The van der Waals surface area contributed by atoms with Crippen molar-refractivity contribution in [3.8, 4) is 11.5 Å². The molecule has 1 unspecified atom stereocenters. The average Bonchev–Trinajstić information content (AvgIpc) is 3.15. The van der Waals surface area contributed by atoms with Gasteiger partial charge >= 0.3 is 0 Å². The molecule has 0 bridgehead atoms. The maximum Gasteiger partial charge on any atom is 0.229 e. The van der Waals surface area contributed by atoms with Crippen molar-refractivity contribution in [3.05, 3.63) is 42.5 Å². The summed E-state index contributed by atoms with van der Waals surface area (Å²) >= 11 is 0. The fourth-order valence-corrected chi connectivity index (χ4v) is 3.57. The molecule has 2 aromatic carbocycles. The quantitative estimate of drug-likeness (QED) is 0.764. The van der Waals surface area contributed by atoms with Crippen LogP contribution in [0.2, 0.25) is 0 Å². The van der Waals surface area contributed by atoms with Gasteiger partial charge in [-0.15, -0.1) is 0 Å². The highest BCUT2D eigenvalue weighted by Gasteiger charge is 2.35. The van der Waals surface area contributed by atoms with Gasteiger partial charge in [0.15, 0.2) is 11.5 Å². The zero-order valence-corrected chi connectivity index (χ0v) is 18.4. The highest BCUT2D eigenvalue weighted by Crippen LogP contribution is 2.36. The Balaban J connectivity index is 1.41. The highest BCUT2D eigenvalue weighted by molar-refractivity contribution is 6.04. The van der Waals surface area contributed by atoms with Crippen LogP contribution >= 0.6 is 0 Å².